The monoisotopic (exact) mass is 454 g/mol. The second kappa shape index (κ2) is 11.1. The summed E-state index contributed by atoms with van der Waals surface area (Å²) >= 11 is 0. The Balaban J connectivity index is 1.22. The van der Waals surface area contributed by atoms with Crippen molar-refractivity contribution in [2.45, 2.75) is 91.1 Å². The van der Waals surface area contributed by atoms with Gasteiger partial charge in [-0.25, -0.2) is 8.78 Å². The van der Waals surface area contributed by atoms with Crippen molar-refractivity contribution in [1.29, 1.82) is 0 Å². The van der Waals surface area contributed by atoms with Gasteiger partial charge in [-0.3, -0.25) is 0 Å². The molecule has 0 saturated heterocycles. The molecule has 0 spiro atoms. The first-order valence-corrected chi connectivity index (χ1v) is 13.1. The highest BCUT2D eigenvalue weighted by Gasteiger charge is 2.30. The lowest BCUT2D eigenvalue weighted by atomic mass is 9.71. The van der Waals surface area contributed by atoms with Gasteiger partial charge >= 0.3 is 0 Å². The van der Waals surface area contributed by atoms with Crippen molar-refractivity contribution in [1.82, 2.24) is 0 Å². The highest BCUT2D eigenvalue weighted by molar-refractivity contribution is 5.71. The third-order valence-corrected chi connectivity index (χ3v) is 8.21. The van der Waals surface area contributed by atoms with Gasteiger partial charge in [0.2, 0.25) is 0 Å². The van der Waals surface area contributed by atoms with Crippen LogP contribution >= 0.6 is 0 Å². The topological polar surface area (TPSA) is 9.23 Å². The summed E-state index contributed by atoms with van der Waals surface area (Å²) in [5.74, 6) is 1.26. The normalized spacial score (nSPS) is 25.8. The minimum atomic E-state index is -0.803. The van der Waals surface area contributed by atoms with Gasteiger partial charge in [-0.15, -0.1) is 0 Å². The van der Waals surface area contributed by atoms with E-state index in [0.717, 1.165) is 59.5 Å². The van der Waals surface area contributed by atoms with E-state index in [1.165, 1.54) is 69.1 Å². The Morgan fingerprint density at radius 1 is 0.788 bits per heavy atom. The molecule has 2 aliphatic carbocycles. The molecule has 1 nitrogen and oxygen atoms in total. The molecule has 0 bridgehead atoms. The lowest BCUT2D eigenvalue weighted by Crippen LogP contribution is -2.28. The van der Waals surface area contributed by atoms with E-state index in [1.807, 2.05) is 0 Å². The van der Waals surface area contributed by atoms with E-state index >= 15 is 0 Å². The van der Waals surface area contributed by atoms with Crippen molar-refractivity contribution in [2.24, 2.45) is 17.8 Å². The second-order valence-electron chi connectivity index (χ2n) is 10.8. The minimum Gasteiger partial charge on any atom is -0.378 e. The molecule has 0 aromatic heterocycles. The largest absolute Gasteiger partial charge is 0.378 e. The fraction of sp³-hybridized carbons (Fsp3) is 0.600. The van der Waals surface area contributed by atoms with Gasteiger partial charge in [0.15, 0.2) is 11.6 Å². The molecule has 0 atom stereocenters. The first-order chi connectivity index (χ1) is 15.9. The maximum absolute atomic E-state index is 13.7. The van der Waals surface area contributed by atoms with Crippen molar-refractivity contribution in [3.05, 3.63) is 58.7 Å². The van der Waals surface area contributed by atoms with Gasteiger partial charge in [0.05, 0.1) is 6.10 Å². The van der Waals surface area contributed by atoms with Crippen LogP contribution in [-0.4, -0.2) is 12.7 Å². The molecule has 2 fully saturated rings. The molecular formula is C30H40F2O. The van der Waals surface area contributed by atoms with Crippen LogP contribution in [0.1, 0.15) is 81.4 Å². The molecule has 0 heterocycles. The van der Waals surface area contributed by atoms with Crippen LogP contribution in [0.2, 0.25) is 0 Å². The molecule has 4 rings (SSSR count). The van der Waals surface area contributed by atoms with E-state index in [4.69, 9.17) is 4.74 Å². The first-order valence-electron chi connectivity index (χ1n) is 13.1. The van der Waals surface area contributed by atoms with Crippen molar-refractivity contribution in [3.8, 4) is 11.1 Å². The third-order valence-electron chi connectivity index (χ3n) is 8.21. The van der Waals surface area contributed by atoms with Gasteiger partial charge in [0, 0.05) is 6.61 Å². The molecule has 2 saturated carbocycles. The average Bonchev–Trinajstić information content (AvgIpc) is 2.80. The van der Waals surface area contributed by atoms with Crippen LogP contribution in [0.25, 0.3) is 11.1 Å². The van der Waals surface area contributed by atoms with Gasteiger partial charge < -0.3 is 4.74 Å². The summed E-state index contributed by atoms with van der Waals surface area (Å²) < 4.78 is 33.3. The highest BCUT2D eigenvalue weighted by Crippen LogP contribution is 2.40. The van der Waals surface area contributed by atoms with Gasteiger partial charge in [0.1, 0.15) is 0 Å². The third kappa shape index (κ3) is 6.23. The lowest BCUT2D eigenvalue weighted by Gasteiger charge is -2.37. The molecule has 0 unspecified atom stereocenters. The van der Waals surface area contributed by atoms with Crippen LogP contribution in [0, 0.1) is 43.2 Å². The standard InChI is InChI=1S/C30H40F2O/c1-20-6-8-24(9-7-20)25-10-13-27(14-11-25)33-16-4-5-23-17-21(2)30(22(3)18-23)26-12-15-28(31)29(32)19-26/h12,15,17-20,24-25,27H,4-11,13-14,16H2,1-3H3. The maximum Gasteiger partial charge on any atom is 0.159 e. The summed E-state index contributed by atoms with van der Waals surface area (Å²) in [6, 6.07) is 8.52. The zero-order chi connectivity index (χ0) is 23.4. The molecule has 2 aromatic carbocycles. The van der Waals surface area contributed by atoms with Gasteiger partial charge in [-0.2, -0.15) is 0 Å². The van der Waals surface area contributed by atoms with Crippen molar-refractivity contribution in [2.75, 3.05) is 6.61 Å². The number of hydrogen-bond donors (Lipinski definition) is 0. The maximum atomic E-state index is 13.7. The van der Waals surface area contributed by atoms with E-state index in [9.17, 15) is 8.78 Å². The average molecular weight is 455 g/mol. The van der Waals surface area contributed by atoms with E-state index in [2.05, 4.69) is 32.9 Å². The van der Waals surface area contributed by atoms with Gasteiger partial charge in [0.25, 0.3) is 0 Å². The molecule has 2 aromatic rings. The number of benzene rings is 2. The molecule has 0 aliphatic heterocycles. The molecule has 0 radical (unpaired) electrons. The second-order valence-corrected chi connectivity index (χ2v) is 10.8. The van der Waals surface area contributed by atoms with Crippen LogP contribution in [0.3, 0.4) is 0 Å². The predicted molar refractivity (Wildman–Crippen MR) is 132 cm³/mol. The van der Waals surface area contributed by atoms with Crippen molar-refractivity contribution in [3.63, 3.8) is 0 Å². The molecule has 180 valence electrons. The number of aryl methyl sites for hydroxylation is 3. The van der Waals surface area contributed by atoms with E-state index in [1.54, 1.807) is 6.07 Å². The lowest BCUT2D eigenvalue weighted by molar-refractivity contribution is 0.00640. The highest BCUT2D eigenvalue weighted by atomic mass is 19.2. The fourth-order valence-electron chi connectivity index (χ4n) is 6.31. The summed E-state index contributed by atoms with van der Waals surface area (Å²) in [4.78, 5) is 0. The number of hydrogen-bond acceptors (Lipinski definition) is 1. The Bertz CT molecular complexity index is 898. The smallest absolute Gasteiger partial charge is 0.159 e. The quantitative estimate of drug-likeness (QED) is 0.381. The Hall–Kier alpha value is -1.74. The van der Waals surface area contributed by atoms with Gasteiger partial charge in [-0.1, -0.05) is 38.0 Å². The van der Waals surface area contributed by atoms with Gasteiger partial charge in [-0.05, 0) is 123 Å². The number of rotatable bonds is 7. The Morgan fingerprint density at radius 2 is 1.39 bits per heavy atom. The summed E-state index contributed by atoms with van der Waals surface area (Å²) in [6.07, 6.45) is 13.4. The van der Waals surface area contributed by atoms with Crippen LogP contribution in [0.15, 0.2) is 30.3 Å². The molecule has 33 heavy (non-hydrogen) atoms. The minimum absolute atomic E-state index is 0.447. The van der Waals surface area contributed by atoms with Crippen molar-refractivity contribution >= 4 is 0 Å². The predicted octanol–water partition coefficient (Wildman–Crippen LogP) is 8.58. The Kier molecular flexibility index (Phi) is 8.22. The summed E-state index contributed by atoms with van der Waals surface area (Å²) in [7, 11) is 0. The number of halogens is 2. The molecule has 0 N–H and O–H groups in total. The van der Waals surface area contributed by atoms with E-state index in [-0.39, 0.29) is 0 Å². The fourth-order valence-corrected chi connectivity index (χ4v) is 6.31. The number of ether oxygens (including phenoxy) is 1. The SMILES string of the molecule is Cc1cc(CCCOC2CCC(C3CCC(C)CC3)CC2)cc(C)c1-c1ccc(F)c(F)c1. The Morgan fingerprint density at radius 3 is 2.00 bits per heavy atom. The Labute approximate surface area is 198 Å². The summed E-state index contributed by atoms with van der Waals surface area (Å²) in [6.45, 7) is 7.33. The molecule has 0 amide bonds. The molecule has 3 heteroatoms. The first kappa shape index (κ1) is 24.4. The molecule has 2 aliphatic rings. The van der Waals surface area contributed by atoms with Crippen LogP contribution in [0.4, 0.5) is 8.78 Å². The van der Waals surface area contributed by atoms with Crippen molar-refractivity contribution < 1.29 is 13.5 Å². The van der Waals surface area contributed by atoms with Crippen LogP contribution in [-0.2, 0) is 11.2 Å². The zero-order valence-corrected chi connectivity index (χ0v) is 20.6. The van der Waals surface area contributed by atoms with E-state index in [0.29, 0.717) is 6.10 Å². The summed E-state index contributed by atoms with van der Waals surface area (Å²) in [5, 5.41) is 0. The van der Waals surface area contributed by atoms with E-state index < -0.39 is 11.6 Å². The van der Waals surface area contributed by atoms with Crippen LogP contribution in [0.5, 0.6) is 0 Å². The zero-order valence-electron chi connectivity index (χ0n) is 20.6. The van der Waals surface area contributed by atoms with Crippen LogP contribution < -0.4 is 0 Å². The molecular weight excluding hydrogens is 414 g/mol. The summed E-state index contributed by atoms with van der Waals surface area (Å²) in [5.41, 5.74) is 5.23.